The van der Waals surface area contributed by atoms with Crippen molar-refractivity contribution in [3.8, 4) is 5.75 Å². The van der Waals surface area contributed by atoms with Gasteiger partial charge in [0.1, 0.15) is 11.3 Å². The summed E-state index contributed by atoms with van der Waals surface area (Å²) < 4.78 is 1.46. The molecule has 1 aromatic carbocycles. The Bertz CT molecular complexity index is 757. The molecule has 1 saturated heterocycles. The quantitative estimate of drug-likeness (QED) is 0.876. The van der Waals surface area contributed by atoms with Crippen molar-refractivity contribution < 1.29 is 5.11 Å². The smallest absolute Gasteiger partial charge is 0.328 e. The van der Waals surface area contributed by atoms with Crippen molar-refractivity contribution in [1.29, 1.82) is 0 Å². The van der Waals surface area contributed by atoms with E-state index in [0.29, 0.717) is 17.4 Å². The fourth-order valence-electron chi connectivity index (χ4n) is 3.00. The highest BCUT2D eigenvalue weighted by Crippen LogP contribution is 2.20. The fraction of sp³-hybridized carbons (Fsp3) is 0.467. The Morgan fingerprint density at radius 3 is 2.67 bits per heavy atom. The van der Waals surface area contributed by atoms with E-state index < -0.39 is 11.2 Å². The number of hydrogen-bond donors (Lipinski definition) is 2. The van der Waals surface area contributed by atoms with E-state index in [0.717, 1.165) is 26.1 Å². The zero-order valence-electron chi connectivity index (χ0n) is 11.8. The van der Waals surface area contributed by atoms with Gasteiger partial charge in [-0.05, 0) is 51.0 Å². The summed E-state index contributed by atoms with van der Waals surface area (Å²) in [5, 5.41) is 10.3. The maximum atomic E-state index is 12.0. The van der Waals surface area contributed by atoms with Crippen molar-refractivity contribution in [2.45, 2.75) is 25.8 Å². The highest BCUT2D eigenvalue weighted by molar-refractivity contribution is 5.83. The molecule has 2 heterocycles. The minimum absolute atomic E-state index is 0.0307. The number of aromatic hydroxyl groups is 1. The van der Waals surface area contributed by atoms with Crippen LogP contribution in [0.1, 0.15) is 19.3 Å². The van der Waals surface area contributed by atoms with Gasteiger partial charge in [-0.1, -0.05) is 6.07 Å². The maximum absolute atomic E-state index is 12.0. The molecule has 1 fully saturated rings. The third kappa shape index (κ3) is 2.71. The summed E-state index contributed by atoms with van der Waals surface area (Å²) in [5.74, 6) is -0.0307. The van der Waals surface area contributed by atoms with Crippen molar-refractivity contribution in [3.05, 3.63) is 39.0 Å². The number of rotatable bonds is 4. The zero-order chi connectivity index (χ0) is 14.8. The first kappa shape index (κ1) is 13.9. The molecule has 2 aromatic rings. The molecule has 112 valence electrons. The average Bonchev–Trinajstić information content (AvgIpc) is 2.96. The van der Waals surface area contributed by atoms with Crippen LogP contribution in [0.25, 0.3) is 10.9 Å². The zero-order valence-corrected chi connectivity index (χ0v) is 11.8. The van der Waals surface area contributed by atoms with E-state index in [-0.39, 0.29) is 5.75 Å². The molecule has 0 radical (unpaired) electrons. The van der Waals surface area contributed by atoms with Gasteiger partial charge in [-0.25, -0.2) is 4.79 Å². The molecule has 0 spiro atoms. The Morgan fingerprint density at radius 2 is 1.90 bits per heavy atom. The fourth-order valence-corrected chi connectivity index (χ4v) is 3.00. The monoisotopic (exact) mass is 289 g/mol. The van der Waals surface area contributed by atoms with Crippen LogP contribution in [0.2, 0.25) is 0 Å². The number of likely N-dealkylation sites (tertiary alicyclic amines) is 1. The second-order valence-corrected chi connectivity index (χ2v) is 5.49. The molecule has 6 nitrogen and oxygen atoms in total. The van der Waals surface area contributed by atoms with Gasteiger partial charge < -0.3 is 10.0 Å². The van der Waals surface area contributed by atoms with Crippen LogP contribution in [0, 0.1) is 0 Å². The summed E-state index contributed by atoms with van der Waals surface area (Å²) in [4.78, 5) is 28.5. The number of aromatic nitrogens is 2. The van der Waals surface area contributed by atoms with E-state index in [1.54, 1.807) is 12.1 Å². The second-order valence-electron chi connectivity index (χ2n) is 5.49. The number of nitrogens with zero attached hydrogens (tertiary/aromatic N) is 2. The van der Waals surface area contributed by atoms with Gasteiger partial charge in [0.25, 0.3) is 5.56 Å². The van der Waals surface area contributed by atoms with Crippen LogP contribution < -0.4 is 11.2 Å². The van der Waals surface area contributed by atoms with E-state index in [9.17, 15) is 14.7 Å². The highest BCUT2D eigenvalue weighted by atomic mass is 16.3. The summed E-state index contributed by atoms with van der Waals surface area (Å²) in [7, 11) is 0. The summed E-state index contributed by atoms with van der Waals surface area (Å²) in [6.07, 6.45) is 3.29. The van der Waals surface area contributed by atoms with E-state index >= 15 is 0 Å². The molecule has 0 saturated carbocycles. The normalized spacial score (nSPS) is 15.8. The SMILES string of the molecule is O=c1[nH]c(=O)n(CCCN2CCCC2)c2c(O)cccc12. The van der Waals surface area contributed by atoms with E-state index in [2.05, 4.69) is 9.88 Å². The average molecular weight is 289 g/mol. The standard InChI is InChI=1S/C15H19N3O3/c19-12-6-3-5-11-13(12)18(15(21)16-14(11)20)10-4-9-17-7-1-2-8-17/h3,5-6,19H,1-2,4,7-10H2,(H,16,20,21). The molecular weight excluding hydrogens is 270 g/mol. The third-order valence-corrected chi connectivity index (χ3v) is 4.05. The molecule has 0 amide bonds. The lowest BCUT2D eigenvalue weighted by Crippen LogP contribution is -2.31. The molecule has 6 heteroatoms. The molecule has 3 rings (SSSR count). The number of fused-ring (bicyclic) bond motifs is 1. The van der Waals surface area contributed by atoms with Gasteiger partial charge in [0.05, 0.1) is 5.39 Å². The van der Waals surface area contributed by atoms with Crippen LogP contribution in [0.4, 0.5) is 0 Å². The first-order valence-corrected chi connectivity index (χ1v) is 7.34. The van der Waals surface area contributed by atoms with Crippen molar-refractivity contribution in [1.82, 2.24) is 14.5 Å². The van der Waals surface area contributed by atoms with Crippen molar-refractivity contribution >= 4 is 10.9 Å². The molecule has 0 aliphatic carbocycles. The summed E-state index contributed by atoms with van der Waals surface area (Å²) >= 11 is 0. The van der Waals surface area contributed by atoms with Gasteiger partial charge in [-0.15, -0.1) is 0 Å². The molecular formula is C15H19N3O3. The number of aromatic amines is 1. The van der Waals surface area contributed by atoms with Crippen LogP contribution in [-0.4, -0.2) is 39.2 Å². The lowest BCUT2D eigenvalue weighted by Gasteiger charge is -2.15. The minimum Gasteiger partial charge on any atom is -0.506 e. The molecule has 21 heavy (non-hydrogen) atoms. The summed E-state index contributed by atoms with van der Waals surface area (Å²) in [6, 6.07) is 4.72. The third-order valence-electron chi connectivity index (χ3n) is 4.05. The number of para-hydroxylation sites is 1. The minimum atomic E-state index is -0.463. The van der Waals surface area contributed by atoms with Crippen molar-refractivity contribution in [2.75, 3.05) is 19.6 Å². The van der Waals surface area contributed by atoms with Crippen LogP contribution in [0.5, 0.6) is 5.75 Å². The topological polar surface area (TPSA) is 78.3 Å². The molecule has 1 aliphatic heterocycles. The summed E-state index contributed by atoms with van der Waals surface area (Å²) in [5.41, 5.74) is -0.593. The molecule has 0 unspecified atom stereocenters. The largest absolute Gasteiger partial charge is 0.506 e. The number of hydrogen-bond acceptors (Lipinski definition) is 4. The van der Waals surface area contributed by atoms with Crippen molar-refractivity contribution in [2.24, 2.45) is 0 Å². The lowest BCUT2D eigenvalue weighted by atomic mass is 10.2. The predicted octanol–water partition coefficient (Wildman–Crippen LogP) is 0.881. The van der Waals surface area contributed by atoms with Crippen LogP contribution in [0.15, 0.2) is 27.8 Å². The number of nitrogens with one attached hydrogen (secondary N) is 1. The number of aryl methyl sites for hydroxylation is 1. The van der Waals surface area contributed by atoms with Crippen LogP contribution in [0.3, 0.4) is 0 Å². The number of benzene rings is 1. The first-order chi connectivity index (χ1) is 10.2. The van der Waals surface area contributed by atoms with Gasteiger partial charge in [0.15, 0.2) is 0 Å². The van der Waals surface area contributed by atoms with Gasteiger partial charge >= 0.3 is 5.69 Å². The van der Waals surface area contributed by atoms with E-state index in [1.807, 2.05) is 0 Å². The predicted molar refractivity (Wildman–Crippen MR) is 80.8 cm³/mol. The van der Waals surface area contributed by atoms with E-state index in [1.165, 1.54) is 23.5 Å². The Hall–Kier alpha value is -2.08. The van der Waals surface area contributed by atoms with Crippen LogP contribution in [-0.2, 0) is 6.54 Å². The van der Waals surface area contributed by atoms with E-state index in [4.69, 9.17) is 0 Å². The lowest BCUT2D eigenvalue weighted by molar-refractivity contribution is 0.324. The highest BCUT2D eigenvalue weighted by Gasteiger charge is 2.13. The number of H-pyrrole nitrogens is 1. The number of phenols is 1. The second kappa shape index (κ2) is 5.73. The Morgan fingerprint density at radius 1 is 1.14 bits per heavy atom. The molecule has 2 N–H and O–H groups in total. The molecule has 1 aromatic heterocycles. The summed E-state index contributed by atoms with van der Waals surface area (Å²) in [6.45, 7) is 3.65. The van der Waals surface area contributed by atoms with Gasteiger partial charge in [0.2, 0.25) is 0 Å². The molecule has 0 bridgehead atoms. The van der Waals surface area contributed by atoms with Gasteiger partial charge in [-0.3, -0.25) is 14.3 Å². The Kier molecular flexibility index (Phi) is 3.79. The Labute approximate surface area is 121 Å². The van der Waals surface area contributed by atoms with Crippen LogP contribution >= 0.6 is 0 Å². The first-order valence-electron chi connectivity index (χ1n) is 7.34. The molecule has 1 aliphatic rings. The number of phenolic OH excluding ortho intramolecular Hbond substituents is 1. The molecule has 0 atom stereocenters. The van der Waals surface area contributed by atoms with Gasteiger partial charge in [0, 0.05) is 6.54 Å². The van der Waals surface area contributed by atoms with Gasteiger partial charge in [-0.2, -0.15) is 0 Å². The maximum Gasteiger partial charge on any atom is 0.328 e. The Balaban J connectivity index is 1.90. The van der Waals surface area contributed by atoms with Crippen molar-refractivity contribution in [3.63, 3.8) is 0 Å².